The second kappa shape index (κ2) is 8.24. The third-order valence-corrected chi connectivity index (χ3v) is 3.26. The van der Waals surface area contributed by atoms with Crippen molar-refractivity contribution < 1.29 is 14.5 Å². The third kappa shape index (κ3) is 5.06. The number of hydrogen-bond acceptors (Lipinski definition) is 4. The Bertz CT molecular complexity index is 502. The smallest absolute Gasteiger partial charge is 0.270 e. The number of carbonyl (C=O) groups is 1. The number of non-ortho nitro benzene ring substituents is 1. The predicted octanol–water partition coefficient (Wildman–Crippen LogP) is 3.30. The Kier molecular flexibility index (Phi) is 6.65. The molecule has 0 aromatic heterocycles. The highest BCUT2D eigenvalue weighted by Gasteiger charge is 2.18. The molecule has 0 heterocycles. The SMILES string of the molecule is CCCCC[C@H](C)NC(=O)c1cc([N+](=O)[O-])ccc1OC. The van der Waals surface area contributed by atoms with E-state index in [4.69, 9.17) is 4.74 Å². The standard InChI is InChI=1S/C15H22N2O4/c1-4-5-6-7-11(2)16-15(18)13-10-12(17(19)20)8-9-14(13)21-3/h8-11H,4-7H2,1-3H3,(H,16,18)/t11-/m0/s1. The van der Waals surface area contributed by atoms with Gasteiger partial charge in [-0.2, -0.15) is 0 Å². The normalized spacial score (nSPS) is 11.8. The van der Waals surface area contributed by atoms with Crippen LogP contribution in [0.25, 0.3) is 0 Å². The van der Waals surface area contributed by atoms with Gasteiger partial charge in [0.2, 0.25) is 0 Å². The summed E-state index contributed by atoms with van der Waals surface area (Å²) in [6.07, 6.45) is 4.18. The van der Waals surface area contributed by atoms with Crippen LogP contribution in [0.3, 0.4) is 0 Å². The number of hydrogen-bond donors (Lipinski definition) is 1. The van der Waals surface area contributed by atoms with Gasteiger partial charge in [-0.3, -0.25) is 14.9 Å². The molecule has 21 heavy (non-hydrogen) atoms. The number of nitro groups is 1. The van der Waals surface area contributed by atoms with Gasteiger partial charge >= 0.3 is 0 Å². The van der Waals surface area contributed by atoms with Gasteiger partial charge in [0.05, 0.1) is 17.6 Å². The maximum atomic E-state index is 12.2. The topological polar surface area (TPSA) is 81.5 Å². The Balaban J connectivity index is 2.80. The molecule has 0 bridgehead atoms. The molecule has 1 atom stereocenters. The largest absolute Gasteiger partial charge is 0.496 e. The summed E-state index contributed by atoms with van der Waals surface area (Å²) in [6.45, 7) is 4.05. The van der Waals surface area contributed by atoms with Crippen molar-refractivity contribution in [2.45, 2.75) is 45.6 Å². The first-order valence-corrected chi connectivity index (χ1v) is 7.12. The molecule has 0 radical (unpaired) electrons. The van der Waals surface area contributed by atoms with Gasteiger partial charge in [-0.25, -0.2) is 0 Å². The van der Waals surface area contributed by atoms with Crippen LogP contribution in [0, 0.1) is 10.1 Å². The lowest BCUT2D eigenvalue weighted by atomic mass is 10.1. The molecule has 1 aromatic rings. The fraction of sp³-hybridized carbons (Fsp3) is 0.533. The van der Waals surface area contributed by atoms with Crippen LogP contribution in [0.4, 0.5) is 5.69 Å². The van der Waals surface area contributed by atoms with Crippen LogP contribution in [0.2, 0.25) is 0 Å². The summed E-state index contributed by atoms with van der Waals surface area (Å²) in [5.41, 5.74) is 0.0635. The minimum Gasteiger partial charge on any atom is -0.496 e. The van der Waals surface area contributed by atoms with Gasteiger partial charge in [0.15, 0.2) is 0 Å². The molecule has 0 saturated heterocycles. The number of amides is 1. The van der Waals surface area contributed by atoms with Crippen LogP contribution in [-0.4, -0.2) is 24.0 Å². The summed E-state index contributed by atoms with van der Waals surface area (Å²) in [5.74, 6) is -0.0154. The monoisotopic (exact) mass is 294 g/mol. The van der Waals surface area contributed by atoms with Gasteiger partial charge < -0.3 is 10.1 Å². The minimum atomic E-state index is -0.527. The van der Waals surface area contributed by atoms with Crippen LogP contribution in [0.15, 0.2) is 18.2 Å². The fourth-order valence-corrected chi connectivity index (χ4v) is 2.06. The van der Waals surface area contributed by atoms with Gasteiger partial charge in [0.1, 0.15) is 5.75 Å². The van der Waals surface area contributed by atoms with E-state index in [1.165, 1.54) is 25.3 Å². The summed E-state index contributed by atoms with van der Waals surface area (Å²) < 4.78 is 5.10. The number of ether oxygens (including phenoxy) is 1. The number of nitro benzene ring substituents is 1. The Hall–Kier alpha value is -2.11. The number of nitrogens with zero attached hydrogens (tertiary/aromatic N) is 1. The first-order chi connectivity index (χ1) is 9.99. The number of carbonyl (C=O) groups excluding carboxylic acids is 1. The van der Waals surface area contributed by atoms with Crippen LogP contribution in [-0.2, 0) is 0 Å². The molecule has 1 N–H and O–H groups in total. The van der Waals surface area contributed by atoms with Crippen molar-refractivity contribution in [3.8, 4) is 5.75 Å². The first-order valence-electron chi connectivity index (χ1n) is 7.12. The quantitative estimate of drug-likeness (QED) is 0.453. The predicted molar refractivity (Wildman–Crippen MR) is 80.7 cm³/mol. The zero-order valence-electron chi connectivity index (χ0n) is 12.7. The zero-order valence-corrected chi connectivity index (χ0v) is 12.7. The van der Waals surface area contributed by atoms with Gasteiger partial charge in [-0.1, -0.05) is 26.2 Å². The second-order valence-corrected chi connectivity index (χ2v) is 5.01. The third-order valence-electron chi connectivity index (χ3n) is 3.26. The Morgan fingerprint density at radius 3 is 2.71 bits per heavy atom. The van der Waals surface area contributed by atoms with Crippen LogP contribution >= 0.6 is 0 Å². The van der Waals surface area contributed by atoms with Crippen LogP contribution in [0.5, 0.6) is 5.75 Å². The van der Waals surface area contributed by atoms with E-state index in [0.29, 0.717) is 5.75 Å². The van der Waals surface area contributed by atoms with Gasteiger partial charge in [0, 0.05) is 18.2 Å². The molecule has 0 aliphatic heterocycles. The van der Waals surface area contributed by atoms with Crippen molar-refractivity contribution in [1.29, 1.82) is 0 Å². The molecule has 116 valence electrons. The summed E-state index contributed by atoms with van der Waals surface area (Å²) in [4.78, 5) is 22.5. The number of methoxy groups -OCH3 is 1. The maximum Gasteiger partial charge on any atom is 0.270 e. The molecule has 0 unspecified atom stereocenters. The minimum absolute atomic E-state index is 0.0213. The van der Waals surface area contributed by atoms with E-state index in [-0.39, 0.29) is 23.2 Å². The van der Waals surface area contributed by atoms with E-state index in [9.17, 15) is 14.9 Å². The molecule has 6 heteroatoms. The summed E-state index contributed by atoms with van der Waals surface area (Å²) in [6, 6.07) is 4.02. The lowest BCUT2D eigenvalue weighted by Gasteiger charge is -2.15. The average Bonchev–Trinajstić information content (AvgIpc) is 2.46. The van der Waals surface area contributed by atoms with E-state index >= 15 is 0 Å². The second-order valence-electron chi connectivity index (χ2n) is 5.01. The highest BCUT2D eigenvalue weighted by molar-refractivity contribution is 5.97. The van der Waals surface area contributed by atoms with Crippen molar-refractivity contribution in [1.82, 2.24) is 5.32 Å². The Morgan fingerprint density at radius 1 is 1.43 bits per heavy atom. The van der Waals surface area contributed by atoms with Crippen molar-refractivity contribution in [2.24, 2.45) is 0 Å². The highest BCUT2D eigenvalue weighted by Crippen LogP contribution is 2.24. The van der Waals surface area contributed by atoms with Crippen molar-refractivity contribution in [3.05, 3.63) is 33.9 Å². The summed E-state index contributed by atoms with van der Waals surface area (Å²) in [5, 5.41) is 13.7. The van der Waals surface area contributed by atoms with Gasteiger partial charge in [0.25, 0.3) is 11.6 Å². The molecule has 0 aliphatic rings. The Labute approximate surface area is 124 Å². The van der Waals surface area contributed by atoms with E-state index in [1.807, 2.05) is 6.92 Å². The van der Waals surface area contributed by atoms with E-state index in [0.717, 1.165) is 25.7 Å². The fourth-order valence-electron chi connectivity index (χ4n) is 2.06. The first kappa shape index (κ1) is 16.9. The number of rotatable bonds is 8. The molecular formula is C15H22N2O4. The van der Waals surface area contributed by atoms with E-state index in [2.05, 4.69) is 12.2 Å². The number of unbranched alkanes of at least 4 members (excludes halogenated alkanes) is 2. The van der Waals surface area contributed by atoms with Crippen molar-refractivity contribution in [2.75, 3.05) is 7.11 Å². The molecule has 0 aliphatic carbocycles. The molecule has 6 nitrogen and oxygen atoms in total. The van der Waals surface area contributed by atoms with Gasteiger partial charge in [-0.05, 0) is 19.4 Å². The lowest BCUT2D eigenvalue weighted by molar-refractivity contribution is -0.384. The van der Waals surface area contributed by atoms with Gasteiger partial charge in [-0.15, -0.1) is 0 Å². The molecule has 1 amide bonds. The molecule has 1 rings (SSSR count). The maximum absolute atomic E-state index is 12.2. The van der Waals surface area contributed by atoms with Crippen molar-refractivity contribution >= 4 is 11.6 Å². The molecule has 0 fully saturated rings. The number of nitrogens with one attached hydrogen (secondary N) is 1. The van der Waals surface area contributed by atoms with Crippen molar-refractivity contribution in [3.63, 3.8) is 0 Å². The molecular weight excluding hydrogens is 272 g/mol. The van der Waals surface area contributed by atoms with Crippen LogP contribution in [0.1, 0.15) is 49.9 Å². The summed E-state index contributed by atoms with van der Waals surface area (Å²) in [7, 11) is 1.43. The zero-order chi connectivity index (χ0) is 15.8. The molecule has 1 aromatic carbocycles. The molecule has 0 spiro atoms. The van der Waals surface area contributed by atoms with E-state index < -0.39 is 4.92 Å². The Morgan fingerprint density at radius 2 is 2.14 bits per heavy atom. The van der Waals surface area contributed by atoms with E-state index in [1.54, 1.807) is 0 Å². The lowest BCUT2D eigenvalue weighted by Crippen LogP contribution is -2.32. The average molecular weight is 294 g/mol. The highest BCUT2D eigenvalue weighted by atomic mass is 16.6. The number of benzene rings is 1. The van der Waals surface area contributed by atoms with Crippen LogP contribution < -0.4 is 10.1 Å². The molecule has 0 saturated carbocycles. The summed E-state index contributed by atoms with van der Waals surface area (Å²) >= 11 is 0.